The van der Waals surface area contributed by atoms with Gasteiger partial charge in [-0.05, 0) is 29.8 Å². The molecule has 4 heterocycles. The number of hydrogen-bond acceptors (Lipinski definition) is 5. The molecule has 1 saturated heterocycles. The molecule has 29 heavy (non-hydrogen) atoms. The zero-order valence-electron chi connectivity index (χ0n) is 16.1. The summed E-state index contributed by atoms with van der Waals surface area (Å²) >= 11 is 0. The summed E-state index contributed by atoms with van der Waals surface area (Å²) in [4.78, 5) is 20.3. The number of H-pyrrole nitrogens is 2. The van der Waals surface area contributed by atoms with E-state index in [9.17, 15) is 4.79 Å². The van der Waals surface area contributed by atoms with E-state index in [1.165, 1.54) is 5.56 Å². The number of hydrogen-bond donors (Lipinski definition) is 3. The van der Waals surface area contributed by atoms with Crippen LogP contribution in [0.4, 0.5) is 0 Å². The van der Waals surface area contributed by atoms with Crippen molar-refractivity contribution in [3.63, 3.8) is 0 Å². The van der Waals surface area contributed by atoms with Crippen LogP contribution < -0.4 is 5.69 Å². The number of benzene rings is 1. The molecule has 5 rings (SSSR count). The Hall–Kier alpha value is -2.94. The van der Waals surface area contributed by atoms with Gasteiger partial charge in [-0.3, -0.25) is 9.80 Å². The van der Waals surface area contributed by atoms with Crippen LogP contribution in [0.3, 0.4) is 0 Å². The number of β-amino-alcohol motifs (C(OH)–C–C–N with tert-alkyl or cyclic N) is 1. The van der Waals surface area contributed by atoms with Gasteiger partial charge in [-0.25, -0.2) is 14.3 Å². The van der Waals surface area contributed by atoms with Crippen LogP contribution in [0.2, 0.25) is 0 Å². The summed E-state index contributed by atoms with van der Waals surface area (Å²) in [5.41, 5.74) is 4.49. The Labute approximate surface area is 167 Å². The Kier molecular flexibility index (Phi) is 4.67. The Morgan fingerprint density at radius 1 is 1.07 bits per heavy atom. The van der Waals surface area contributed by atoms with Crippen LogP contribution in [-0.4, -0.2) is 73.8 Å². The number of aromatic nitrogens is 4. The number of pyridine rings is 1. The second-order valence-corrected chi connectivity index (χ2v) is 7.55. The van der Waals surface area contributed by atoms with Gasteiger partial charge in [0.05, 0.1) is 12.1 Å². The van der Waals surface area contributed by atoms with Crippen molar-refractivity contribution in [1.29, 1.82) is 0 Å². The molecule has 0 radical (unpaired) electrons. The lowest BCUT2D eigenvalue weighted by Crippen LogP contribution is -2.46. The fourth-order valence-electron chi connectivity index (χ4n) is 4.22. The van der Waals surface area contributed by atoms with Crippen molar-refractivity contribution in [3.8, 4) is 11.3 Å². The van der Waals surface area contributed by atoms with Crippen LogP contribution >= 0.6 is 0 Å². The number of aliphatic hydroxyl groups is 1. The normalized spacial score (nSPS) is 16.2. The molecule has 1 aliphatic rings. The van der Waals surface area contributed by atoms with E-state index in [2.05, 4.69) is 37.1 Å². The maximum absolute atomic E-state index is 12.4. The number of aliphatic hydroxyl groups excluding tert-OH is 1. The Morgan fingerprint density at radius 3 is 2.66 bits per heavy atom. The molecule has 0 amide bonds. The molecular weight excluding hydrogens is 368 g/mol. The van der Waals surface area contributed by atoms with Gasteiger partial charge in [0.1, 0.15) is 0 Å². The van der Waals surface area contributed by atoms with E-state index in [0.29, 0.717) is 5.65 Å². The van der Waals surface area contributed by atoms with Gasteiger partial charge in [0.25, 0.3) is 0 Å². The van der Waals surface area contributed by atoms with Crippen LogP contribution in [0, 0.1) is 0 Å². The molecule has 0 atom stereocenters. The van der Waals surface area contributed by atoms with Gasteiger partial charge in [-0.1, -0.05) is 12.1 Å². The molecule has 0 aliphatic carbocycles. The number of rotatable bonds is 5. The lowest BCUT2D eigenvalue weighted by Gasteiger charge is -2.34. The van der Waals surface area contributed by atoms with E-state index < -0.39 is 0 Å². The number of nitrogens with zero attached hydrogens (tertiary/aromatic N) is 4. The average molecular weight is 392 g/mol. The third-order valence-corrected chi connectivity index (χ3v) is 5.77. The van der Waals surface area contributed by atoms with Crippen molar-refractivity contribution in [2.45, 2.75) is 6.54 Å². The average Bonchev–Trinajstić information content (AvgIpc) is 3.40. The number of piperazine rings is 1. The molecule has 8 nitrogen and oxygen atoms in total. The third-order valence-electron chi connectivity index (χ3n) is 5.77. The highest BCUT2D eigenvalue weighted by Crippen LogP contribution is 2.27. The minimum atomic E-state index is -0.224. The van der Waals surface area contributed by atoms with Gasteiger partial charge in [0, 0.05) is 62.1 Å². The fourth-order valence-corrected chi connectivity index (χ4v) is 4.22. The predicted octanol–water partition coefficient (Wildman–Crippen LogP) is 1.28. The maximum atomic E-state index is 12.4. The van der Waals surface area contributed by atoms with Crippen molar-refractivity contribution in [2.24, 2.45) is 0 Å². The SMILES string of the molecule is O=c1[nH]nc2cc(CN3CCN(CCO)CC3)c3ccc(-c4ccc[nH]4)cc3n12. The first-order valence-electron chi connectivity index (χ1n) is 9.95. The van der Waals surface area contributed by atoms with Gasteiger partial charge in [0.2, 0.25) is 0 Å². The molecule has 4 aromatic rings. The van der Waals surface area contributed by atoms with Crippen LogP contribution in [0.5, 0.6) is 0 Å². The third kappa shape index (κ3) is 3.35. The summed E-state index contributed by atoms with van der Waals surface area (Å²) in [6, 6.07) is 12.2. The Balaban J connectivity index is 1.54. The maximum Gasteiger partial charge on any atom is 0.348 e. The summed E-state index contributed by atoms with van der Waals surface area (Å²) in [7, 11) is 0. The lowest BCUT2D eigenvalue weighted by molar-refractivity contribution is 0.109. The molecule has 8 heteroatoms. The standard InChI is InChI=1S/C21H24N6O2/c28-11-10-25-6-8-26(9-7-25)14-16-13-20-23-24-21(29)27(20)19-12-15(3-4-17(16)19)18-2-1-5-22-18/h1-5,12-13,22,28H,6-11,14H2,(H,24,29). The van der Waals surface area contributed by atoms with Crippen molar-refractivity contribution < 1.29 is 5.11 Å². The Bertz CT molecular complexity index is 1190. The summed E-state index contributed by atoms with van der Waals surface area (Å²) in [6.45, 7) is 5.59. The van der Waals surface area contributed by atoms with E-state index in [4.69, 9.17) is 5.11 Å². The quantitative estimate of drug-likeness (QED) is 0.476. The van der Waals surface area contributed by atoms with Crippen LogP contribution in [0.15, 0.2) is 47.4 Å². The highest BCUT2D eigenvalue weighted by molar-refractivity contribution is 5.89. The smallest absolute Gasteiger partial charge is 0.348 e. The van der Waals surface area contributed by atoms with E-state index in [1.807, 2.05) is 30.5 Å². The number of nitrogens with one attached hydrogen (secondary N) is 2. The fraction of sp³-hybridized carbons (Fsp3) is 0.333. The van der Waals surface area contributed by atoms with Crippen LogP contribution in [0.25, 0.3) is 27.8 Å². The zero-order chi connectivity index (χ0) is 19.8. The summed E-state index contributed by atoms with van der Waals surface area (Å²) < 4.78 is 1.64. The molecule has 1 aromatic carbocycles. The largest absolute Gasteiger partial charge is 0.395 e. The molecular formula is C21H24N6O2. The first-order chi connectivity index (χ1) is 14.2. The summed E-state index contributed by atoms with van der Waals surface area (Å²) in [6.07, 6.45) is 1.89. The summed E-state index contributed by atoms with van der Waals surface area (Å²) in [5.74, 6) is 0. The second-order valence-electron chi connectivity index (χ2n) is 7.55. The van der Waals surface area contributed by atoms with E-state index in [-0.39, 0.29) is 12.3 Å². The monoisotopic (exact) mass is 392 g/mol. The first-order valence-corrected chi connectivity index (χ1v) is 9.95. The molecule has 1 fully saturated rings. The molecule has 0 spiro atoms. The number of aromatic amines is 2. The first kappa shape index (κ1) is 18.1. The highest BCUT2D eigenvalue weighted by atomic mass is 16.3. The van der Waals surface area contributed by atoms with Crippen molar-refractivity contribution in [1.82, 2.24) is 29.4 Å². The lowest BCUT2D eigenvalue weighted by atomic mass is 10.0. The van der Waals surface area contributed by atoms with Gasteiger partial charge < -0.3 is 10.1 Å². The van der Waals surface area contributed by atoms with E-state index in [1.54, 1.807) is 4.40 Å². The topological polar surface area (TPSA) is 92.7 Å². The number of fused-ring (bicyclic) bond motifs is 3. The molecule has 3 N–H and O–H groups in total. The molecule has 0 unspecified atom stereocenters. The second kappa shape index (κ2) is 7.47. The highest BCUT2D eigenvalue weighted by Gasteiger charge is 2.19. The van der Waals surface area contributed by atoms with Gasteiger partial charge in [0.15, 0.2) is 5.65 Å². The van der Waals surface area contributed by atoms with Crippen molar-refractivity contribution in [3.05, 3.63) is 58.6 Å². The molecule has 150 valence electrons. The van der Waals surface area contributed by atoms with Crippen LogP contribution in [-0.2, 0) is 6.54 Å². The van der Waals surface area contributed by atoms with Crippen molar-refractivity contribution >= 4 is 16.6 Å². The van der Waals surface area contributed by atoms with Crippen LogP contribution in [0.1, 0.15) is 5.56 Å². The molecule has 0 saturated carbocycles. The van der Waals surface area contributed by atoms with Gasteiger partial charge in [-0.15, -0.1) is 0 Å². The summed E-state index contributed by atoms with van der Waals surface area (Å²) in [5, 5.41) is 17.0. The Morgan fingerprint density at radius 2 is 1.90 bits per heavy atom. The van der Waals surface area contributed by atoms with E-state index in [0.717, 1.165) is 61.4 Å². The van der Waals surface area contributed by atoms with E-state index >= 15 is 0 Å². The van der Waals surface area contributed by atoms with Gasteiger partial charge >= 0.3 is 5.69 Å². The molecule has 1 aliphatic heterocycles. The van der Waals surface area contributed by atoms with Crippen molar-refractivity contribution in [2.75, 3.05) is 39.3 Å². The molecule has 3 aromatic heterocycles. The predicted molar refractivity (Wildman–Crippen MR) is 112 cm³/mol. The molecule has 0 bridgehead atoms. The zero-order valence-corrected chi connectivity index (χ0v) is 16.1. The minimum absolute atomic E-state index is 0.207. The minimum Gasteiger partial charge on any atom is -0.395 e. The van der Waals surface area contributed by atoms with Gasteiger partial charge in [-0.2, -0.15) is 5.10 Å².